The third-order valence-electron chi connectivity index (χ3n) is 1.80. The fourth-order valence-electron chi connectivity index (χ4n) is 0.905. The Hall–Kier alpha value is -0.170. The van der Waals surface area contributed by atoms with Gasteiger partial charge in [-0.15, -0.1) is 0 Å². The van der Waals surface area contributed by atoms with Crippen molar-refractivity contribution in [3.8, 4) is 0 Å². The molecule has 0 aliphatic rings. The van der Waals surface area contributed by atoms with Gasteiger partial charge in [0, 0.05) is 20.1 Å². The molecule has 0 saturated carbocycles. The van der Waals surface area contributed by atoms with Gasteiger partial charge in [-0.25, -0.2) is 12.7 Å². The second-order valence-electron chi connectivity index (χ2n) is 3.22. The van der Waals surface area contributed by atoms with Crippen molar-refractivity contribution in [2.45, 2.75) is 25.2 Å². The topological polar surface area (TPSA) is 83.6 Å². The van der Waals surface area contributed by atoms with E-state index >= 15 is 0 Å². The molecule has 0 saturated heterocycles. The molecular formula is C7H18N2O3S. The van der Waals surface area contributed by atoms with Crippen molar-refractivity contribution in [2.75, 3.05) is 20.1 Å². The molecule has 0 bridgehead atoms. The zero-order chi connectivity index (χ0) is 10.6. The average Bonchev–Trinajstić information content (AvgIpc) is 2.01. The Morgan fingerprint density at radius 2 is 1.92 bits per heavy atom. The molecule has 0 amide bonds. The Kier molecular flexibility index (Phi) is 4.83. The van der Waals surface area contributed by atoms with Gasteiger partial charge in [0.2, 0.25) is 10.0 Å². The molecule has 0 aromatic rings. The number of rotatable bonds is 5. The molecule has 6 heteroatoms. The van der Waals surface area contributed by atoms with Crippen LogP contribution >= 0.6 is 0 Å². The predicted molar refractivity (Wildman–Crippen MR) is 51.7 cm³/mol. The molecule has 0 rings (SSSR count). The Bertz CT molecular complexity index is 238. The average molecular weight is 210 g/mol. The minimum absolute atomic E-state index is 0.0898. The third-order valence-corrected chi connectivity index (χ3v) is 4.02. The number of nitrogens with two attached hydrogens (primary N) is 1. The van der Waals surface area contributed by atoms with Crippen LogP contribution in [0.4, 0.5) is 0 Å². The minimum atomic E-state index is -3.34. The summed E-state index contributed by atoms with van der Waals surface area (Å²) in [4.78, 5) is 0. The molecule has 0 fully saturated rings. The van der Waals surface area contributed by atoms with Crippen LogP contribution in [0.3, 0.4) is 0 Å². The summed E-state index contributed by atoms with van der Waals surface area (Å²) in [7, 11) is -1.90. The van der Waals surface area contributed by atoms with E-state index < -0.39 is 21.4 Å². The minimum Gasteiger partial charge on any atom is -0.392 e. The molecule has 0 aliphatic heterocycles. The number of hydrogen-bond donors (Lipinski definition) is 2. The van der Waals surface area contributed by atoms with E-state index in [-0.39, 0.29) is 13.1 Å². The molecule has 13 heavy (non-hydrogen) atoms. The monoisotopic (exact) mass is 210 g/mol. The first-order valence-electron chi connectivity index (χ1n) is 4.15. The number of likely N-dealkylation sites (N-methyl/N-ethyl adjacent to an activating group) is 1. The largest absolute Gasteiger partial charge is 0.392 e. The SMILES string of the molecule is CC(O)CN(C)S(=O)(=O)C(C)CN. The van der Waals surface area contributed by atoms with Crippen molar-refractivity contribution < 1.29 is 13.5 Å². The van der Waals surface area contributed by atoms with Crippen LogP contribution in [0.25, 0.3) is 0 Å². The zero-order valence-corrected chi connectivity index (χ0v) is 9.08. The zero-order valence-electron chi connectivity index (χ0n) is 8.27. The smallest absolute Gasteiger partial charge is 0.217 e. The molecule has 0 aliphatic carbocycles. The standard InChI is InChI=1S/C7H18N2O3S/c1-6(10)5-9(3)13(11,12)7(2)4-8/h6-7,10H,4-5,8H2,1-3H3. The Morgan fingerprint density at radius 3 is 2.23 bits per heavy atom. The van der Waals surface area contributed by atoms with Crippen molar-refractivity contribution >= 4 is 10.0 Å². The van der Waals surface area contributed by atoms with Crippen molar-refractivity contribution in [1.29, 1.82) is 0 Å². The van der Waals surface area contributed by atoms with Crippen molar-refractivity contribution in [2.24, 2.45) is 5.73 Å². The van der Waals surface area contributed by atoms with Crippen molar-refractivity contribution in [3.05, 3.63) is 0 Å². The highest BCUT2D eigenvalue weighted by Gasteiger charge is 2.25. The van der Waals surface area contributed by atoms with E-state index in [1.807, 2.05) is 0 Å². The van der Waals surface area contributed by atoms with Gasteiger partial charge in [-0.1, -0.05) is 0 Å². The fourth-order valence-corrected chi connectivity index (χ4v) is 2.19. The lowest BCUT2D eigenvalue weighted by atomic mass is 10.4. The summed E-state index contributed by atoms with van der Waals surface area (Å²) in [6.45, 7) is 3.28. The second kappa shape index (κ2) is 4.90. The van der Waals surface area contributed by atoms with Crippen LogP contribution in [-0.4, -0.2) is 49.3 Å². The van der Waals surface area contributed by atoms with E-state index in [0.29, 0.717) is 0 Å². The Labute approximate surface area is 79.6 Å². The first-order chi connectivity index (χ1) is 5.82. The molecule has 0 radical (unpaired) electrons. The molecule has 5 nitrogen and oxygen atoms in total. The number of aliphatic hydroxyl groups is 1. The van der Waals surface area contributed by atoms with Crippen LogP contribution in [0.5, 0.6) is 0 Å². The van der Waals surface area contributed by atoms with Gasteiger partial charge in [0.15, 0.2) is 0 Å². The van der Waals surface area contributed by atoms with Gasteiger partial charge in [0.25, 0.3) is 0 Å². The van der Waals surface area contributed by atoms with Gasteiger partial charge >= 0.3 is 0 Å². The lowest BCUT2D eigenvalue weighted by molar-refractivity contribution is 0.171. The van der Waals surface area contributed by atoms with E-state index in [1.165, 1.54) is 7.05 Å². The van der Waals surface area contributed by atoms with Gasteiger partial charge in [0.05, 0.1) is 11.4 Å². The summed E-state index contributed by atoms with van der Waals surface area (Å²) in [5.41, 5.74) is 5.26. The van der Waals surface area contributed by atoms with E-state index in [0.717, 1.165) is 4.31 Å². The number of aliphatic hydroxyl groups excluding tert-OH is 1. The summed E-state index contributed by atoms with van der Waals surface area (Å²) < 4.78 is 24.2. The summed E-state index contributed by atoms with van der Waals surface area (Å²) >= 11 is 0. The summed E-state index contributed by atoms with van der Waals surface area (Å²) in [6, 6.07) is 0. The van der Waals surface area contributed by atoms with Gasteiger partial charge in [-0.2, -0.15) is 0 Å². The molecule has 0 spiro atoms. The molecule has 2 atom stereocenters. The van der Waals surface area contributed by atoms with Crippen LogP contribution in [0, 0.1) is 0 Å². The number of nitrogens with zero attached hydrogens (tertiary/aromatic N) is 1. The first kappa shape index (κ1) is 12.8. The molecule has 3 N–H and O–H groups in total. The van der Waals surface area contributed by atoms with Crippen LogP contribution < -0.4 is 5.73 Å². The Morgan fingerprint density at radius 1 is 1.46 bits per heavy atom. The van der Waals surface area contributed by atoms with Gasteiger partial charge < -0.3 is 10.8 Å². The van der Waals surface area contributed by atoms with Crippen LogP contribution in [0.1, 0.15) is 13.8 Å². The van der Waals surface area contributed by atoms with Crippen LogP contribution in [0.2, 0.25) is 0 Å². The quantitative estimate of drug-likeness (QED) is 0.608. The molecular weight excluding hydrogens is 192 g/mol. The summed E-state index contributed by atoms with van der Waals surface area (Å²) in [5, 5.41) is 8.40. The van der Waals surface area contributed by atoms with Crippen molar-refractivity contribution in [3.63, 3.8) is 0 Å². The van der Waals surface area contributed by atoms with Crippen molar-refractivity contribution in [1.82, 2.24) is 4.31 Å². The van der Waals surface area contributed by atoms with E-state index in [1.54, 1.807) is 13.8 Å². The van der Waals surface area contributed by atoms with Gasteiger partial charge in [0.1, 0.15) is 0 Å². The maximum Gasteiger partial charge on any atom is 0.217 e. The third kappa shape index (κ3) is 3.60. The molecule has 80 valence electrons. The number of hydrogen-bond acceptors (Lipinski definition) is 4. The van der Waals surface area contributed by atoms with E-state index in [9.17, 15) is 8.42 Å². The van der Waals surface area contributed by atoms with E-state index in [2.05, 4.69) is 0 Å². The summed E-state index contributed by atoms with van der Waals surface area (Å²) in [5.74, 6) is 0. The van der Waals surface area contributed by atoms with Gasteiger partial charge in [-0.05, 0) is 13.8 Å². The molecule has 0 aromatic heterocycles. The molecule has 2 unspecified atom stereocenters. The highest BCUT2D eigenvalue weighted by atomic mass is 32.2. The van der Waals surface area contributed by atoms with Gasteiger partial charge in [-0.3, -0.25) is 0 Å². The first-order valence-corrected chi connectivity index (χ1v) is 5.66. The fraction of sp³-hybridized carbons (Fsp3) is 1.00. The maximum absolute atomic E-state index is 11.5. The van der Waals surface area contributed by atoms with Crippen LogP contribution in [0.15, 0.2) is 0 Å². The van der Waals surface area contributed by atoms with E-state index in [4.69, 9.17) is 10.8 Å². The normalized spacial score (nSPS) is 17.4. The molecule has 0 heterocycles. The highest BCUT2D eigenvalue weighted by Crippen LogP contribution is 2.05. The predicted octanol–water partition coefficient (Wildman–Crippen LogP) is -1.02. The maximum atomic E-state index is 11.5. The Balaban J connectivity index is 4.46. The summed E-state index contributed by atoms with van der Waals surface area (Å²) in [6.07, 6.45) is -0.662. The highest BCUT2D eigenvalue weighted by molar-refractivity contribution is 7.89. The van der Waals surface area contributed by atoms with Crippen LogP contribution in [-0.2, 0) is 10.0 Å². The lowest BCUT2D eigenvalue weighted by Crippen LogP contribution is -2.41. The lowest BCUT2D eigenvalue weighted by Gasteiger charge is -2.21. The molecule has 0 aromatic carbocycles. The second-order valence-corrected chi connectivity index (χ2v) is 5.68. The number of sulfonamides is 1.